The number of ether oxygens (including phenoxy) is 1. The van der Waals surface area contributed by atoms with Gasteiger partial charge in [0.15, 0.2) is 0 Å². The molecule has 1 saturated carbocycles. The number of hydrogen-bond donors (Lipinski definition) is 0. The normalized spacial score (nSPS) is 31.7. The molecule has 15 heavy (non-hydrogen) atoms. The monoisotopic (exact) mass is 212 g/mol. The number of hydrogen-bond acceptors (Lipinski definition) is 2. The predicted octanol–water partition coefficient (Wildman–Crippen LogP) is 3.40. The van der Waals surface area contributed by atoms with E-state index >= 15 is 0 Å². The molecule has 0 aliphatic heterocycles. The van der Waals surface area contributed by atoms with Crippen LogP contribution in [0.2, 0.25) is 0 Å². The maximum Gasteiger partial charge on any atom is 0.305 e. The molecule has 1 rings (SSSR count). The van der Waals surface area contributed by atoms with Crippen LogP contribution >= 0.6 is 0 Å². The molecule has 0 saturated heterocycles. The minimum atomic E-state index is -0.0419. The Kier molecular flexibility index (Phi) is 4.62. The highest BCUT2D eigenvalue weighted by Crippen LogP contribution is 2.35. The second kappa shape index (κ2) is 5.53. The van der Waals surface area contributed by atoms with Gasteiger partial charge in [-0.1, -0.05) is 34.1 Å². The van der Waals surface area contributed by atoms with Crippen molar-refractivity contribution in [1.82, 2.24) is 0 Å². The van der Waals surface area contributed by atoms with E-state index in [1.807, 2.05) is 6.92 Å². The van der Waals surface area contributed by atoms with E-state index in [2.05, 4.69) is 20.8 Å². The average Bonchev–Trinajstić information content (AvgIpc) is 2.17. The Balaban J connectivity index is 2.57. The van der Waals surface area contributed by atoms with Crippen molar-refractivity contribution >= 4 is 5.97 Å². The zero-order valence-corrected chi connectivity index (χ0v) is 10.5. The molecule has 0 spiro atoms. The van der Waals surface area contributed by atoms with Crippen molar-refractivity contribution in [2.45, 2.75) is 59.5 Å². The van der Waals surface area contributed by atoms with E-state index in [0.717, 1.165) is 6.42 Å². The Morgan fingerprint density at radius 1 is 1.40 bits per heavy atom. The summed E-state index contributed by atoms with van der Waals surface area (Å²) in [6.45, 7) is 8.57. The second-order valence-corrected chi connectivity index (χ2v) is 5.21. The summed E-state index contributed by atoms with van der Waals surface area (Å²) < 4.78 is 5.55. The molecular weight excluding hydrogens is 188 g/mol. The van der Waals surface area contributed by atoms with Crippen LogP contribution in [-0.2, 0) is 9.53 Å². The molecule has 0 aromatic rings. The maximum absolute atomic E-state index is 11.3. The smallest absolute Gasteiger partial charge is 0.305 e. The summed E-state index contributed by atoms with van der Waals surface area (Å²) in [5.41, 5.74) is 0. The fourth-order valence-electron chi connectivity index (χ4n) is 2.50. The molecule has 0 amide bonds. The van der Waals surface area contributed by atoms with Crippen LogP contribution in [-0.4, -0.2) is 12.1 Å². The van der Waals surface area contributed by atoms with E-state index in [4.69, 9.17) is 4.74 Å². The van der Waals surface area contributed by atoms with E-state index in [0.29, 0.717) is 24.2 Å². The van der Waals surface area contributed by atoms with Gasteiger partial charge in [0.2, 0.25) is 0 Å². The fourth-order valence-corrected chi connectivity index (χ4v) is 2.50. The first kappa shape index (κ1) is 12.5. The molecule has 3 atom stereocenters. The Hall–Kier alpha value is -0.530. The summed E-state index contributed by atoms with van der Waals surface area (Å²) >= 11 is 0. The van der Waals surface area contributed by atoms with Crippen LogP contribution in [0.4, 0.5) is 0 Å². The highest BCUT2D eigenvalue weighted by Gasteiger charge is 2.32. The average molecular weight is 212 g/mol. The van der Waals surface area contributed by atoms with Crippen molar-refractivity contribution in [3.63, 3.8) is 0 Å². The van der Waals surface area contributed by atoms with Crippen molar-refractivity contribution in [2.24, 2.45) is 17.8 Å². The van der Waals surface area contributed by atoms with Gasteiger partial charge in [-0.15, -0.1) is 0 Å². The molecule has 0 heterocycles. The summed E-state index contributed by atoms with van der Waals surface area (Å²) in [5, 5.41) is 0. The molecule has 0 aromatic heterocycles. The lowest BCUT2D eigenvalue weighted by molar-refractivity contribution is -0.155. The molecule has 2 heteroatoms. The zero-order valence-electron chi connectivity index (χ0n) is 10.5. The van der Waals surface area contributed by atoms with Gasteiger partial charge >= 0.3 is 5.97 Å². The molecule has 0 bridgehead atoms. The Labute approximate surface area is 93.4 Å². The molecular formula is C13H24O2. The van der Waals surface area contributed by atoms with Gasteiger partial charge in [0, 0.05) is 6.42 Å². The summed E-state index contributed by atoms with van der Waals surface area (Å²) in [4.78, 5) is 11.3. The van der Waals surface area contributed by atoms with Gasteiger partial charge in [-0.2, -0.15) is 0 Å². The van der Waals surface area contributed by atoms with E-state index < -0.39 is 0 Å². The van der Waals surface area contributed by atoms with E-state index in [1.54, 1.807) is 0 Å². The first-order valence-corrected chi connectivity index (χ1v) is 6.24. The largest absolute Gasteiger partial charge is 0.462 e. The van der Waals surface area contributed by atoms with Crippen molar-refractivity contribution in [1.29, 1.82) is 0 Å². The molecule has 1 fully saturated rings. The van der Waals surface area contributed by atoms with Gasteiger partial charge in [-0.3, -0.25) is 4.79 Å². The number of carbonyl (C=O) groups is 1. The van der Waals surface area contributed by atoms with Gasteiger partial charge in [-0.25, -0.2) is 0 Å². The molecule has 0 N–H and O–H groups in total. The van der Waals surface area contributed by atoms with Crippen LogP contribution in [0.1, 0.15) is 53.4 Å². The van der Waals surface area contributed by atoms with Crippen LogP contribution in [0.25, 0.3) is 0 Å². The highest BCUT2D eigenvalue weighted by molar-refractivity contribution is 5.69. The Morgan fingerprint density at radius 2 is 2.07 bits per heavy atom. The SMILES string of the molecule is CCC(=O)O[C@H]1C[C@@H](C)CCC1C(C)C. The maximum atomic E-state index is 11.3. The summed E-state index contributed by atoms with van der Waals surface area (Å²) in [6.07, 6.45) is 4.20. The van der Waals surface area contributed by atoms with Crippen LogP contribution < -0.4 is 0 Å². The van der Waals surface area contributed by atoms with Gasteiger partial charge in [-0.05, 0) is 30.6 Å². The lowest BCUT2D eigenvalue weighted by Gasteiger charge is -2.36. The molecule has 2 nitrogen and oxygen atoms in total. The van der Waals surface area contributed by atoms with Crippen molar-refractivity contribution in [3.8, 4) is 0 Å². The second-order valence-electron chi connectivity index (χ2n) is 5.21. The zero-order chi connectivity index (χ0) is 11.4. The van der Waals surface area contributed by atoms with Crippen LogP contribution in [0, 0.1) is 17.8 Å². The lowest BCUT2D eigenvalue weighted by atomic mass is 9.75. The number of esters is 1. The Bertz CT molecular complexity index is 211. The fraction of sp³-hybridized carbons (Fsp3) is 0.923. The number of rotatable bonds is 3. The molecule has 88 valence electrons. The Morgan fingerprint density at radius 3 is 2.60 bits per heavy atom. The third kappa shape index (κ3) is 3.51. The standard InChI is InChI=1S/C13H24O2/c1-5-13(14)15-12-8-10(4)6-7-11(12)9(2)3/h9-12H,5-8H2,1-4H3/t10-,11?,12-/m0/s1. The van der Waals surface area contributed by atoms with Crippen LogP contribution in [0.15, 0.2) is 0 Å². The summed E-state index contributed by atoms with van der Waals surface area (Å²) in [7, 11) is 0. The van der Waals surface area contributed by atoms with Crippen molar-refractivity contribution in [3.05, 3.63) is 0 Å². The van der Waals surface area contributed by atoms with E-state index in [1.165, 1.54) is 12.8 Å². The van der Waals surface area contributed by atoms with Crippen LogP contribution in [0.5, 0.6) is 0 Å². The van der Waals surface area contributed by atoms with Gasteiger partial charge in [0.25, 0.3) is 0 Å². The molecule has 1 aliphatic rings. The van der Waals surface area contributed by atoms with Gasteiger partial charge in [0.05, 0.1) is 0 Å². The molecule has 0 aromatic carbocycles. The quantitative estimate of drug-likeness (QED) is 0.670. The highest BCUT2D eigenvalue weighted by atomic mass is 16.5. The third-order valence-electron chi connectivity index (χ3n) is 3.53. The van der Waals surface area contributed by atoms with Crippen molar-refractivity contribution in [2.75, 3.05) is 0 Å². The minimum absolute atomic E-state index is 0.0419. The minimum Gasteiger partial charge on any atom is -0.462 e. The summed E-state index contributed by atoms with van der Waals surface area (Å²) in [5.74, 6) is 1.85. The first-order valence-electron chi connectivity index (χ1n) is 6.24. The summed E-state index contributed by atoms with van der Waals surface area (Å²) in [6, 6.07) is 0. The van der Waals surface area contributed by atoms with E-state index in [-0.39, 0.29) is 12.1 Å². The molecule has 0 radical (unpaired) electrons. The molecule has 1 aliphatic carbocycles. The molecule has 1 unspecified atom stereocenters. The number of carbonyl (C=O) groups excluding carboxylic acids is 1. The van der Waals surface area contributed by atoms with Gasteiger partial charge < -0.3 is 4.74 Å². The van der Waals surface area contributed by atoms with Crippen molar-refractivity contribution < 1.29 is 9.53 Å². The van der Waals surface area contributed by atoms with Gasteiger partial charge in [0.1, 0.15) is 6.10 Å². The first-order chi connectivity index (χ1) is 7.04. The topological polar surface area (TPSA) is 26.3 Å². The lowest BCUT2D eigenvalue weighted by Crippen LogP contribution is -2.35. The third-order valence-corrected chi connectivity index (χ3v) is 3.53. The van der Waals surface area contributed by atoms with Crippen LogP contribution in [0.3, 0.4) is 0 Å². The van der Waals surface area contributed by atoms with E-state index in [9.17, 15) is 4.79 Å². The predicted molar refractivity (Wildman–Crippen MR) is 61.5 cm³/mol.